The zero-order chi connectivity index (χ0) is 12.9. The maximum atomic E-state index is 12.2. The minimum atomic E-state index is 0.133. The van der Waals surface area contributed by atoms with Gasteiger partial charge in [0.25, 0.3) is 5.91 Å². The van der Waals surface area contributed by atoms with Crippen LogP contribution in [0.25, 0.3) is 11.0 Å². The van der Waals surface area contributed by atoms with Crippen LogP contribution in [0, 0.1) is 12.8 Å². The van der Waals surface area contributed by atoms with Gasteiger partial charge in [-0.15, -0.1) is 0 Å². The van der Waals surface area contributed by atoms with Gasteiger partial charge in [-0.1, -0.05) is 6.92 Å². The molecule has 18 heavy (non-hydrogen) atoms. The second-order valence-corrected chi connectivity index (χ2v) is 5.24. The molecule has 0 radical (unpaired) electrons. The third-order valence-corrected chi connectivity index (χ3v) is 3.70. The van der Waals surface area contributed by atoms with Crippen molar-refractivity contribution in [3.8, 4) is 0 Å². The van der Waals surface area contributed by atoms with Crippen LogP contribution in [0.5, 0.6) is 0 Å². The van der Waals surface area contributed by atoms with Crippen molar-refractivity contribution in [2.45, 2.75) is 13.8 Å². The summed E-state index contributed by atoms with van der Waals surface area (Å²) in [6.07, 6.45) is 0. The molecular formula is C14H17N3O. The van der Waals surface area contributed by atoms with Gasteiger partial charge in [0.1, 0.15) is 5.82 Å². The molecule has 94 valence electrons. The molecule has 1 saturated heterocycles. The first kappa shape index (κ1) is 11.3. The van der Waals surface area contributed by atoms with E-state index >= 15 is 0 Å². The monoisotopic (exact) mass is 243 g/mol. The average molecular weight is 243 g/mol. The highest BCUT2D eigenvalue weighted by molar-refractivity contribution is 5.97. The summed E-state index contributed by atoms with van der Waals surface area (Å²) < 4.78 is 2.02. The smallest absolute Gasteiger partial charge is 0.253 e. The van der Waals surface area contributed by atoms with Gasteiger partial charge in [0.2, 0.25) is 0 Å². The number of hydrogen-bond acceptors (Lipinski definition) is 2. The topological polar surface area (TPSA) is 38.1 Å². The van der Waals surface area contributed by atoms with Gasteiger partial charge in [-0.2, -0.15) is 0 Å². The van der Waals surface area contributed by atoms with Crippen LogP contribution in [0.3, 0.4) is 0 Å². The van der Waals surface area contributed by atoms with Gasteiger partial charge < -0.3 is 9.47 Å². The Kier molecular flexibility index (Phi) is 2.40. The number of fused-ring (bicyclic) bond motifs is 1. The molecule has 0 aliphatic carbocycles. The van der Waals surface area contributed by atoms with E-state index < -0.39 is 0 Å². The number of likely N-dealkylation sites (tertiary alicyclic amines) is 1. The summed E-state index contributed by atoms with van der Waals surface area (Å²) in [7, 11) is 1.98. The van der Waals surface area contributed by atoms with Crippen LogP contribution in [-0.2, 0) is 7.05 Å². The fraction of sp³-hybridized carbons (Fsp3) is 0.429. The lowest BCUT2D eigenvalue weighted by Gasteiger charge is -2.37. The Hall–Kier alpha value is -1.84. The molecule has 1 aromatic carbocycles. The first-order chi connectivity index (χ1) is 8.56. The van der Waals surface area contributed by atoms with Crippen LogP contribution >= 0.6 is 0 Å². The summed E-state index contributed by atoms with van der Waals surface area (Å²) in [6.45, 7) is 5.89. The molecule has 2 aromatic rings. The standard InChI is InChI=1S/C14H17N3O/c1-9-7-17(8-9)14(18)11-4-5-12-13(6-11)16(3)10(2)15-12/h4-6,9H,7-8H2,1-3H3. The number of carbonyl (C=O) groups excluding carboxylic acids is 1. The van der Waals surface area contributed by atoms with Crippen LogP contribution in [0.15, 0.2) is 18.2 Å². The maximum absolute atomic E-state index is 12.2. The second kappa shape index (κ2) is 3.83. The number of benzene rings is 1. The predicted octanol–water partition coefficient (Wildman–Crippen LogP) is 1.97. The van der Waals surface area contributed by atoms with Crippen molar-refractivity contribution >= 4 is 16.9 Å². The van der Waals surface area contributed by atoms with E-state index in [1.807, 2.05) is 41.6 Å². The molecular weight excluding hydrogens is 226 g/mol. The Labute approximate surface area is 106 Å². The van der Waals surface area contributed by atoms with E-state index in [-0.39, 0.29) is 5.91 Å². The normalized spacial score (nSPS) is 16.1. The van der Waals surface area contributed by atoms with Crippen molar-refractivity contribution in [3.05, 3.63) is 29.6 Å². The molecule has 4 heteroatoms. The molecule has 3 rings (SSSR count). The number of imidazole rings is 1. The van der Waals surface area contributed by atoms with E-state index in [1.54, 1.807) is 0 Å². The van der Waals surface area contributed by atoms with Crippen molar-refractivity contribution in [2.24, 2.45) is 13.0 Å². The Morgan fingerprint density at radius 3 is 2.78 bits per heavy atom. The van der Waals surface area contributed by atoms with Gasteiger partial charge in [0.05, 0.1) is 11.0 Å². The molecule has 0 bridgehead atoms. The zero-order valence-electron chi connectivity index (χ0n) is 11.0. The molecule has 0 N–H and O–H groups in total. The van der Waals surface area contributed by atoms with Gasteiger partial charge in [-0.05, 0) is 31.0 Å². The van der Waals surface area contributed by atoms with Crippen LogP contribution in [0.4, 0.5) is 0 Å². The average Bonchev–Trinajstić information content (AvgIpc) is 2.60. The molecule has 0 spiro atoms. The van der Waals surface area contributed by atoms with Crippen molar-refractivity contribution in [2.75, 3.05) is 13.1 Å². The first-order valence-corrected chi connectivity index (χ1v) is 6.28. The molecule has 1 amide bonds. The minimum Gasteiger partial charge on any atom is -0.338 e. The molecule has 0 unspecified atom stereocenters. The predicted molar refractivity (Wildman–Crippen MR) is 70.5 cm³/mol. The van der Waals surface area contributed by atoms with E-state index in [4.69, 9.17) is 0 Å². The zero-order valence-corrected chi connectivity index (χ0v) is 11.0. The van der Waals surface area contributed by atoms with Crippen molar-refractivity contribution in [3.63, 3.8) is 0 Å². The number of amides is 1. The van der Waals surface area contributed by atoms with E-state index in [0.717, 1.165) is 35.5 Å². The Balaban J connectivity index is 1.97. The molecule has 1 aliphatic heterocycles. The van der Waals surface area contributed by atoms with Crippen molar-refractivity contribution in [1.29, 1.82) is 0 Å². The first-order valence-electron chi connectivity index (χ1n) is 6.28. The summed E-state index contributed by atoms with van der Waals surface area (Å²) in [5.74, 6) is 1.73. The van der Waals surface area contributed by atoms with E-state index in [0.29, 0.717) is 5.92 Å². The third-order valence-electron chi connectivity index (χ3n) is 3.70. The number of nitrogens with zero attached hydrogens (tertiary/aromatic N) is 3. The third kappa shape index (κ3) is 1.60. The Morgan fingerprint density at radius 1 is 1.39 bits per heavy atom. The highest BCUT2D eigenvalue weighted by atomic mass is 16.2. The fourth-order valence-corrected chi connectivity index (χ4v) is 2.49. The molecule has 0 atom stereocenters. The van der Waals surface area contributed by atoms with Gasteiger partial charge in [-0.25, -0.2) is 4.98 Å². The molecule has 2 heterocycles. The van der Waals surface area contributed by atoms with E-state index in [1.165, 1.54) is 0 Å². The van der Waals surface area contributed by atoms with Crippen molar-refractivity contribution in [1.82, 2.24) is 14.5 Å². The second-order valence-electron chi connectivity index (χ2n) is 5.24. The van der Waals surface area contributed by atoms with Crippen LogP contribution in [0.1, 0.15) is 23.1 Å². The van der Waals surface area contributed by atoms with Gasteiger partial charge in [0, 0.05) is 25.7 Å². The largest absolute Gasteiger partial charge is 0.338 e. The van der Waals surface area contributed by atoms with E-state index in [2.05, 4.69) is 11.9 Å². The molecule has 1 aliphatic rings. The molecule has 1 aromatic heterocycles. The number of aromatic nitrogens is 2. The quantitative estimate of drug-likeness (QED) is 0.768. The molecule has 1 fully saturated rings. The number of rotatable bonds is 1. The lowest BCUT2D eigenvalue weighted by Crippen LogP contribution is -2.48. The summed E-state index contributed by atoms with van der Waals surface area (Å²) in [5.41, 5.74) is 2.73. The van der Waals surface area contributed by atoms with Gasteiger partial charge >= 0.3 is 0 Å². The number of carbonyl (C=O) groups is 1. The lowest BCUT2D eigenvalue weighted by atomic mass is 10.0. The summed E-state index contributed by atoms with van der Waals surface area (Å²) in [4.78, 5) is 18.6. The highest BCUT2D eigenvalue weighted by Crippen LogP contribution is 2.21. The minimum absolute atomic E-state index is 0.133. The molecule has 4 nitrogen and oxygen atoms in total. The fourth-order valence-electron chi connectivity index (χ4n) is 2.49. The number of aryl methyl sites for hydroxylation is 2. The summed E-state index contributed by atoms with van der Waals surface area (Å²) >= 11 is 0. The Bertz CT molecular complexity index is 623. The highest BCUT2D eigenvalue weighted by Gasteiger charge is 2.28. The van der Waals surface area contributed by atoms with Crippen LogP contribution < -0.4 is 0 Å². The van der Waals surface area contributed by atoms with Gasteiger partial charge in [-0.3, -0.25) is 4.79 Å². The van der Waals surface area contributed by atoms with Gasteiger partial charge in [0.15, 0.2) is 0 Å². The van der Waals surface area contributed by atoms with Crippen LogP contribution in [-0.4, -0.2) is 33.4 Å². The summed E-state index contributed by atoms with van der Waals surface area (Å²) in [6, 6.07) is 5.75. The lowest BCUT2D eigenvalue weighted by molar-refractivity contribution is 0.0530. The SMILES string of the molecule is Cc1nc2ccc(C(=O)N3CC(C)C3)cc2n1C. The number of hydrogen-bond donors (Lipinski definition) is 0. The molecule has 0 saturated carbocycles. The Morgan fingerprint density at radius 2 is 2.11 bits per heavy atom. The van der Waals surface area contributed by atoms with Crippen LogP contribution in [0.2, 0.25) is 0 Å². The van der Waals surface area contributed by atoms with E-state index in [9.17, 15) is 4.79 Å². The van der Waals surface area contributed by atoms with Crippen molar-refractivity contribution < 1.29 is 4.79 Å². The summed E-state index contributed by atoms with van der Waals surface area (Å²) in [5, 5.41) is 0. The maximum Gasteiger partial charge on any atom is 0.253 e.